The minimum atomic E-state index is -0.950. The zero-order valence-corrected chi connectivity index (χ0v) is 27.6. The van der Waals surface area contributed by atoms with Crippen LogP contribution in [0.25, 0.3) is 32.1 Å². The molecule has 3 saturated heterocycles. The van der Waals surface area contributed by atoms with Gasteiger partial charge in [0.2, 0.25) is 0 Å². The van der Waals surface area contributed by atoms with E-state index in [4.69, 9.17) is 36.5 Å². The van der Waals surface area contributed by atoms with E-state index in [1.165, 1.54) is 12.1 Å². The number of alkyl halides is 1. The third-order valence-corrected chi connectivity index (χ3v) is 11.5. The van der Waals surface area contributed by atoms with Gasteiger partial charge in [-0.3, -0.25) is 4.90 Å². The maximum absolute atomic E-state index is 17.3. The summed E-state index contributed by atoms with van der Waals surface area (Å²) in [7, 11) is 0. The van der Waals surface area contributed by atoms with E-state index in [0.29, 0.717) is 38.4 Å². The van der Waals surface area contributed by atoms with Gasteiger partial charge in [0.15, 0.2) is 11.6 Å². The number of ether oxygens (including phenoxy) is 3. The number of fused-ring (bicyclic) bond motifs is 2. The van der Waals surface area contributed by atoms with Gasteiger partial charge >= 0.3 is 6.01 Å². The van der Waals surface area contributed by atoms with E-state index in [-0.39, 0.29) is 84.8 Å². The molecule has 3 fully saturated rings. The van der Waals surface area contributed by atoms with Crippen molar-refractivity contribution in [2.24, 2.45) is 0 Å². The number of halogens is 4. The standard InChI is InChI=1S/C34H32ClF3N6O3S/c1-2-4-18-15-46-29-25-28(27(38)24(26(29)35)20-5-6-22(37)30-23(20)21(12-39)31(40)48-30)41-33(42-32(25)44(18)19-7-10-45-14-19)47-16-34-8-3-9-43(34)13-17(36)11-34/h2,4-6,17-19H,3,7-11,13-16,40H2,1H3/b4-2-/t17-,18?,19?,34+/m1/s1. The predicted octanol–water partition coefficient (Wildman–Crippen LogP) is 6.78. The Hall–Kier alpha value is -3.83. The summed E-state index contributed by atoms with van der Waals surface area (Å²) in [6.45, 7) is 4.33. The summed E-state index contributed by atoms with van der Waals surface area (Å²) in [5.41, 5.74) is 5.63. The number of thiophene rings is 1. The monoisotopic (exact) mass is 696 g/mol. The highest BCUT2D eigenvalue weighted by Gasteiger charge is 2.49. The molecule has 0 spiro atoms. The first-order chi connectivity index (χ1) is 23.2. The van der Waals surface area contributed by atoms with Gasteiger partial charge in [0.25, 0.3) is 0 Å². The molecule has 4 atom stereocenters. The van der Waals surface area contributed by atoms with Gasteiger partial charge in [0.05, 0.1) is 44.9 Å². The van der Waals surface area contributed by atoms with Gasteiger partial charge in [0, 0.05) is 30.5 Å². The van der Waals surface area contributed by atoms with E-state index < -0.39 is 23.3 Å². The van der Waals surface area contributed by atoms with Crippen molar-refractivity contribution < 1.29 is 27.4 Å². The highest BCUT2D eigenvalue weighted by atomic mass is 35.5. The molecule has 0 aliphatic carbocycles. The van der Waals surface area contributed by atoms with Crippen molar-refractivity contribution in [1.82, 2.24) is 14.9 Å². The first-order valence-corrected chi connectivity index (χ1v) is 17.2. The summed E-state index contributed by atoms with van der Waals surface area (Å²) < 4.78 is 65.5. The molecular formula is C34H32ClF3N6O3S. The number of anilines is 2. The average Bonchev–Trinajstić information content (AvgIpc) is 3.83. The smallest absolute Gasteiger partial charge is 0.319 e. The molecule has 4 aromatic rings. The average molecular weight is 697 g/mol. The van der Waals surface area contributed by atoms with Crippen molar-refractivity contribution in [3.05, 3.63) is 46.5 Å². The van der Waals surface area contributed by atoms with Gasteiger partial charge in [-0.25, -0.2) is 13.2 Å². The second-order valence-corrected chi connectivity index (χ2v) is 14.3. The lowest BCUT2D eigenvalue weighted by Crippen LogP contribution is -2.46. The van der Waals surface area contributed by atoms with Crippen LogP contribution in [-0.2, 0) is 4.74 Å². The van der Waals surface area contributed by atoms with Crippen molar-refractivity contribution >= 4 is 54.7 Å². The van der Waals surface area contributed by atoms with Gasteiger partial charge in [-0.15, -0.1) is 11.3 Å². The molecule has 2 unspecified atom stereocenters. The third-order valence-electron chi connectivity index (χ3n) is 10.1. The number of nitrogen functional groups attached to an aromatic ring is 1. The lowest BCUT2D eigenvalue weighted by Gasteiger charge is -2.34. The van der Waals surface area contributed by atoms with E-state index in [9.17, 15) is 9.65 Å². The van der Waals surface area contributed by atoms with E-state index in [1.54, 1.807) is 0 Å². The maximum Gasteiger partial charge on any atom is 0.319 e. The normalized spacial score (nSPS) is 25.6. The maximum atomic E-state index is 17.3. The molecule has 6 heterocycles. The Morgan fingerprint density at radius 2 is 2.12 bits per heavy atom. The first-order valence-electron chi connectivity index (χ1n) is 16.0. The Labute approximate surface area is 283 Å². The molecule has 8 rings (SSSR count). The molecule has 0 bridgehead atoms. The van der Waals surface area contributed by atoms with E-state index in [1.807, 2.05) is 25.1 Å². The molecule has 2 N–H and O–H groups in total. The van der Waals surface area contributed by atoms with Crippen LogP contribution in [-0.4, -0.2) is 78.2 Å². The molecule has 9 nitrogen and oxygen atoms in total. The summed E-state index contributed by atoms with van der Waals surface area (Å²) in [5, 5.41) is 10.4. The molecule has 0 radical (unpaired) electrons. The number of nitrogens with zero attached hydrogens (tertiary/aromatic N) is 5. The second-order valence-electron chi connectivity index (χ2n) is 12.8. The highest BCUT2D eigenvalue weighted by Crippen LogP contribution is 2.51. The quantitative estimate of drug-likeness (QED) is 0.218. The van der Waals surface area contributed by atoms with Crippen LogP contribution in [0.4, 0.5) is 24.0 Å². The predicted molar refractivity (Wildman–Crippen MR) is 179 cm³/mol. The largest absolute Gasteiger partial charge is 0.489 e. The molecule has 2 aromatic heterocycles. The molecule has 2 aromatic carbocycles. The van der Waals surface area contributed by atoms with Crippen molar-refractivity contribution in [3.8, 4) is 29.0 Å². The topological polar surface area (TPSA) is 110 Å². The van der Waals surface area contributed by atoms with Crippen LogP contribution in [0.3, 0.4) is 0 Å². The van der Waals surface area contributed by atoms with Gasteiger partial charge in [-0.05, 0) is 44.4 Å². The summed E-state index contributed by atoms with van der Waals surface area (Å²) in [4.78, 5) is 13.7. The Morgan fingerprint density at radius 1 is 1.27 bits per heavy atom. The lowest BCUT2D eigenvalue weighted by molar-refractivity contribution is 0.107. The van der Waals surface area contributed by atoms with Gasteiger partial charge in [0.1, 0.15) is 47.6 Å². The molecule has 14 heteroatoms. The minimum absolute atomic E-state index is 0.0305. The molecule has 0 amide bonds. The number of benzene rings is 2. The Balaban J connectivity index is 1.37. The first kappa shape index (κ1) is 31.4. The van der Waals surface area contributed by atoms with Crippen LogP contribution in [0, 0.1) is 23.0 Å². The van der Waals surface area contributed by atoms with Gasteiger partial charge in [-0.2, -0.15) is 15.2 Å². The fraction of sp³-hybridized carbons (Fsp3) is 0.441. The molecule has 4 aliphatic heterocycles. The summed E-state index contributed by atoms with van der Waals surface area (Å²) in [6.07, 6.45) is 5.71. The van der Waals surface area contributed by atoms with Crippen LogP contribution in [0.2, 0.25) is 5.02 Å². The lowest BCUT2D eigenvalue weighted by atomic mass is 9.95. The van der Waals surface area contributed by atoms with Crippen LogP contribution < -0.4 is 20.1 Å². The van der Waals surface area contributed by atoms with Crippen LogP contribution >= 0.6 is 22.9 Å². The summed E-state index contributed by atoms with van der Waals surface area (Å²) in [5.74, 6) is -0.859. The third kappa shape index (κ3) is 4.79. The van der Waals surface area contributed by atoms with Crippen molar-refractivity contribution in [2.75, 3.05) is 50.2 Å². The fourth-order valence-electron chi connectivity index (χ4n) is 7.98. The zero-order valence-electron chi connectivity index (χ0n) is 26.1. The van der Waals surface area contributed by atoms with E-state index in [2.05, 4.69) is 14.8 Å². The Kier molecular flexibility index (Phi) is 7.82. The van der Waals surface area contributed by atoms with Crippen molar-refractivity contribution in [2.45, 2.75) is 56.4 Å². The minimum Gasteiger partial charge on any atom is -0.489 e. The molecule has 4 aliphatic rings. The molecular weight excluding hydrogens is 665 g/mol. The molecule has 48 heavy (non-hydrogen) atoms. The van der Waals surface area contributed by atoms with E-state index >= 15 is 8.78 Å². The SMILES string of the molecule is C/C=C\C1COc2c(Cl)c(-c3ccc(F)c4sc(N)c(C#N)c34)c(F)c3nc(OC[C@@]45CCCN4C[C@H](F)C5)nc(c23)N1C1CCOC1. The number of rotatable bonds is 6. The number of allylic oxidation sites excluding steroid dienone is 1. The summed E-state index contributed by atoms with van der Waals surface area (Å²) >= 11 is 7.99. The molecule has 250 valence electrons. The van der Waals surface area contributed by atoms with Crippen molar-refractivity contribution in [1.29, 1.82) is 5.26 Å². The summed E-state index contributed by atoms with van der Waals surface area (Å²) in [6, 6.07) is 4.12. The van der Waals surface area contributed by atoms with Crippen LogP contribution in [0.5, 0.6) is 11.8 Å². The Bertz CT molecular complexity index is 2030. The number of nitrogens with two attached hydrogens (primary N) is 1. The Morgan fingerprint density at radius 3 is 2.90 bits per heavy atom. The number of hydrogen-bond donors (Lipinski definition) is 1. The number of aromatic nitrogens is 2. The fourth-order valence-corrected chi connectivity index (χ4v) is 9.26. The number of hydrogen-bond acceptors (Lipinski definition) is 10. The van der Waals surface area contributed by atoms with Gasteiger partial charge < -0.3 is 24.8 Å². The number of nitriles is 1. The van der Waals surface area contributed by atoms with Crippen LogP contribution in [0.15, 0.2) is 24.3 Å². The van der Waals surface area contributed by atoms with Gasteiger partial charge in [-0.1, -0.05) is 29.8 Å². The second kappa shape index (κ2) is 11.9. The zero-order chi connectivity index (χ0) is 33.3. The highest BCUT2D eigenvalue weighted by molar-refractivity contribution is 7.23. The van der Waals surface area contributed by atoms with Crippen LogP contribution in [0.1, 0.15) is 38.2 Å². The van der Waals surface area contributed by atoms with E-state index in [0.717, 1.165) is 30.7 Å². The molecule has 0 saturated carbocycles. The van der Waals surface area contributed by atoms with Crippen molar-refractivity contribution in [3.63, 3.8) is 0 Å².